The molecule has 7 heteroatoms. The van der Waals surface area contributed by atoms with Gasteiger partial charge in [-0.25, -0.2) is 0 Å². The Bertz CT molecular complexity index is 569. The number of methoxy groups -OCH3 is 2. The molecule has 0 aliphatic carbocycles. The molecule has 0 saturated carbocycles. The Kier molecular flexibility index (Phi) is 4.94. The molecule has 0 bridgehead atoms. The summed E-state index contributed by atoms with van der Waals surface area (Å²) >= 11 is 0. The van der Waals surface area contributed by atoms with Crippen molar-refractivity contribution in [3.05, 3.63) is 29.3 Å². The third kappa shape index (κ3) is 3.34. The first-order valence-corrected chi connectivity index (χ1v) is 6.80. The van der Waals surface area contributed by atoms with Gasteiger partial charge in [0, 0.05) is 20.8 Å². The minimum Gasteiger partial charge on any atom is -0.383 e. The molecule has 2 atom stereocenters. The van der Waals surface area contributed by atoms with Crippen molar-refractivity contribution in [1.82, 2.24) is 0 Å². The topological polar surface area (TPSA) is 45.5 Å². The van der Waals surface area contributed by atoms with E-state index in [1.165, 1.54) is 6.07 Å². The molecule has 1 saturated heterocycles. The van der Waals surface area contributed by atoms with Gasteiger partial charge in [0.25, 0.3) is 0 Å². The number of hydrogen-bond acceptors (Lipinski definition) is 4. The highest BCUT2D eigenvalue weighted by Gasteiger charge is 2.35. The van der Waals surface area contributed by atoms with Gasteiger partial charge >= 0.3 is 6.18 Å². The van der Waals surface area contributed by atoms with Crippen LogP contribution in [0.3, 0.4) is 0 Å². The Morgan fingerprint density at radius 2 is 2.09 bits per heavy atom. The number of nitrogens with zero attached hydrogens (tertiary/aromatic N) is 2. The summed E-state index contributed by atoms with van der Waals surface area (Å²) in [5, 5.41) is 9.20. The Balaban J connectivity index is 2.36. The highest BCUT2D eigenvalue weighted by Crippen LogP contribution is 2.35. The number of nitriles is 1. The summed E-state index contributed by atoms with van der Waals surface area (Å²) in [6.45, 7) is 0.941. The molecule has 0 aromatic heterocycles. The first-order valence-electron chi connectivity index (χ1n) is 6.80. The van der Waals surface area contributed by atoms with E-state index in [9.17, 15) is 18.4 Å². The van der Waals surface area contributed by atoms with Crippen molar-refractivity contribution in [2.75, 3.05) is 32.3 Å². The van der Waals surface area contributed by atoms with E-state index in [2.05, 4.69) is 0 Å². The van der Waals surface area contributed by atoms with Gasteiger partial charge in [0.05, 0.1) is 35.6 Å². The fourth-order valence-electron chi connectivity index (χ4n) is 2.74. The highest BCUT2D eigenvalue weighted by atomic mass is 19.4. The summed E-state index contributed by atoms with van der Waals surface area (Å²) in [7, 11) is 3.16. The zero-order valence-corrected chi connectivity index (χ0v) is 12.4. The summed E-state index contributed by atoms with van der Waals surface area (Å²) in [4.78, 5) is 1.89. The molecule has 0 unspecified atom stereocenters. The molecule has 4 nitrogen and oxygen atoms in total. The fraction of sp³-hybridized carbons (Fsp3) is 0.533. The predicted molar refractivity (Wildman–Crippen MR) is 74.6 cm³/mol. The van der Waals surface area contributed by atoms with Crippen LogP contribution >= 0.6 is 0 Å². The fourth-order valence-corrected chi connectivity index (χ4v) is 2.74. The van der Waals surface area contributed by atoms with E-state index < -0.39 is 11.7 Å². The van der Waals surface area contributed by atoms with Crippen molar-refractivity contribution < 1.29 is 22.6 Å². The maximum absolute atomic E-state index is 12.8. The van der Waals surface area contributed by atoms with Crippen molar-refractivity contribution in [3.8, 4) is 6.07 Å². The number of hydrogen-bond donors (Lipinski definition) is 0. The van der Waals surface area contributed by atoms with Gasteiger partial charge in [-0.05, 0) is 24.6 Å². The van der Waals surface area contributed by atoms with Crippen LogP contribution in [0.4, 0.5) is 18.9 Å². The van der Waals surface area contributed by atoms with Gasteiger partial charge in [-0.3, -0.25) is 0 Å². The molecule has 22 heavy (non-hydrogen) atoms. The molecule has 0 N–H and O–H groups in total. The second-order valence-electron chi connectivity index (χ2n) is 5.20. The summed E-state index contributed by atoms with van der Waals surface area (Å²) in [5.41, 5.74) is -0.330. The van der Waals surface area contributed by atoms with Gasteiger partial charge in [-0.1, -0.05) is 0 Å². The zero-order valence-electron chi connectivity index (χ0n) is 12.4. The Labute approximate surface area is 127 Å². The molecule has 1 aromatic rings. The second kappa shape index (κ2) is 6.55. The van der Waals surface area contributed by atoms with Gasteiger partial charge in [-0.2, -0.15) is 18.4 Å². The van der Waals surface area contributed by atoms with Gasteiger partial charge in [-0.15, -0.1) is 0 Å². The van der Waals surface area contributed by atoms with Gasteiger partial charge in [0.1, 0.15) is 6.07 Å². The first-order chi connectivity index (χ1) is 10.4. The lowest BCUT2D eigenvalue weighted by Crippen LogP contribution is -2.33. The van der Waals surface area contributed by atoms with Crippen LogP contribution in [0.25, 0.3) is 0 Å². The molecule has 1 aromatic carbocycles. The maximum atomic E-state index is 12.8. The maximum Gasteiger partial charge on any atom is 0.416 e. The summed E-state index contributed by atoms with van der Waals surface area (Å²) in [6, 6.07) is 5.07. The van der Waals surface area contributed by atoms with Crippen LogP contribution < -0.4 is 4.90 Å². The highest BCUT2D eigenvalue weighted by molar-refractivity contribution is 5.62. The van der Waals surface area contributed by atoms with Crippen LogP contribution in [0.2, 0.25) is 0 Å². The van der Waals surface area contributed by atoms with E-state index in [0.717, 1.165) is 12.1 Å². The lowest BCUT2D eigenvalue weighted by atomic mass is 10.1. The molecule has 1 aliphatic heterocycles. The molecule has 1 heterocycles. The van der Waals surface area contributed by atoms with Crippen molar-refractivity contribution in [1.29, 1.82) is 5.26 Å². The van der Waals surface area contributed by atoms with E-state index in [4.69, 9.17) is 9.47 Å². The van der Waals surface area contributed by atoms with E-state index in [1.807, 2.05) is 11.0 Å². The van der Waals surface area contributed by atoms with Crippen LogP contribution in [0.5, 0.6) is 0 Å². The van der Waals surface area contributed by atoms with Crippen LogP contribution in [0.1, 0.15) is 17.5 Å². The number of benzene rings is 1. The minimum absolute atomic E-state index is 0.00711. The van der Waals surface area contributed by atoms with Crippen molar-refractivity contribution in [2.45, 2.75) is 24.7 Å². The molecule has 2 rings (SSSR count). The summed E-state index contributed by atoms with van der Waals surface area (Å²) < 4.78 is 48.8. The first kappa shape index (κ1) is 16.6. The Morgan fingerprint density at radius 1 is 1.36 bits per heavy atom. The molecule has 1 aliphatic rings. The molecule has 0 radical (unpaired) electrons. The number of anilines is 1. The number of rotatable bonds is 4. The zero-order chi connectivity index (χ0) is 16.3. The van der Waals surface area contributed by atoms with Crippen LogP contribution in [-0.2, 0) is 15.7 Å². The Hall–Kier alpha value is -1.78. The van der Waals surface area contributed by atoms with Gasteiger partial charge in [0.2, 0.25) is 0 Å². The number of alkyl halides is 3. The number of halogens is 3. The smallest absolute Gasteiger partial charge is 0.383 e. The predicted octanol–water partition coefficient (Wildman–Crippen LogP) is 2.82. The summed E-state index contributed by atoms with van der Waals surface area (Å²) in [5.74, 6) is 0. The monoisotopic (exact) mass is 314 g/mol. The third-order valence-corrected chi connectivity index (χ3v) is 3.82. The lowest BCUT2D eigenvalue weighted by Gasteiger charge is -2.27. The average molecular weight is 314 g/mol. The molecule has 1 fully saturated rings. The minimum atomic E-state index is -4.46. The molecular formula is C15H17F3N2O2. The lowest BCUT2D eigenvalue weighted by molar-refractivity contribution is -0.137. The van der Waals surface area contributed by atoms with Crippen molar-refractivity contribution in [2.24, 2.45) is 0 Å². The quantitative estimate of drug-likeness (QED) is 0.857. The van der Waals surface area contributed by atoms with Crippen molar-refractivity contribution >= 4 is 5.69 Å². The molecule has 120 valence electrons. The van der Waals surface area contributed by atoms with Gasteiger partial charge < -0.3 is 14.4 Å². The Morgan fingerprint density at radius 3 is 2.64 bits per heavy atom. The standard InChI is InChI=1S/C15H17F3N2O2/c1-21-9-12-6-13(22-2)8-20(12)14-4-3-11(15(16,17)18)5-10(14)7-19/h3-5,12-13H,6,8-9H2,1-2H3/t12-,13-/m0/s1. The van der Waals surface area contributed by atoms with E-state index in [0.29, 0.717) is 25.3 Å². The molecule has 0 amide bonds. The SMILES string of the molecule is COC[C@@H]1C[C@H](OC)CN1c1ccc(C(F)(F)F)cc1C#N. The van der Waals surface area contributed by atoms with E-state index >= 15 is 0 Å². The van der Waals surface area contributed by atoms with Crippen LogP contribution in [0.15, 0.2) is 18.2 Å². The summed E-state index contributed by atoms with van der Waals surface area (Å²) in [6.07, 6.45) is -3.79. The van der Waals surface area contributed by atoms with Gasteiger partial charge in [0.15, 0.2) is 0 Å². The average Bonchev–Trinajstić information content (AvgIpc) is 2.89. The molecular weight excluding hydrogens is 297 g/mol. The van der Waals surface area contributed by atoms with E-state index in [-0.39, 0.29) is 17.7 Å². The van der Waals surface area contributed by atoms with E-state index in [1.54, 1.807) is 14.2 Å². The third-order valence-electron chi connectivity index (χ3n) is 3.82. The van der Waals surface area contributed by atoms with Crippen molar-refractivity contribution in [3.63, 3.8) is 0 Å². The second-order valence-corrected chi connectivity index (χ2v) is 5.20. The molecule has 0 spiro atoms. The number of ether oxygens (including phenoxy) is 2. The van der Waals surface area contributed by atoms with Crippen LogP contribution in [0, 0.1) is 11.3 Å². The largest absolute Gasteiger partial charge is 0.416 e. The normalized spacial score (nSPS) is 21.9. The van der Waals surface area contributed by atoms with Crippen LogP contribution in [-0.4, -0.2) is 39.5 Å².